The van der Waals surface area contributed by atoms with Crippen LogP contribution in [0.3, 0.4) is 0 Å². The highest BCUT2D eigenvalue weighted by Crippen LogP contribution is 2.11. The number of amides is 11. The molecule has 392 valence electrons. The number of nitrogens with two attached hydrogens (primary N) is 2. The number of carbonyl (C=O) groups excluding carboxylic acids is 11. The molecule has 29 nitrogen and oxygen atoms in total. The fourth-order valence-electron chi connectivity index (χ4n) is 7.17. The Morgan fingerprint density at radius 3 is 1.22 bits per heavy atom. The molecule has 5 atom stereocenters. The van der Waals surface area contributed by atoms with Crippen molar-refractivity contribution in [1.82, 2.24) is 83.1 Å². The summed E-state index contributed by atoms with van der Waals surface area (Å²) in [7, 11) is 0. The molecule has 4 unspecified atom stereocenters. The van der Waals surface area contributed by atoms with Gasteiger partial charge in [0.25, 0.3) is 17.7 Å². The van der Waals surface area contributed by atoms with Gasteiger partial charge in [0.1, 0.15) is 47.3 Å². The fraction of sp³-hybridized carbons (Fsp3) is 0.255. The Bertz CT molecular complexity index is 3270. The standard InChI is InChI=1S/C47H48N18O11/c48-14-30-45(74)64-35(19-55-42(71)32-16-51-24-8-2-5-11-27(24)59-32)47(76)65-36(20-56-43(72)33-17-52-25-9-3-6-12-28(25)60-33)46(75)63-34(18-54-41(70)31-15-50-23-7-1-4-10-26(23)58-31)44(73)57-21-38(67)53-22-39(68)61-29(40(49)69)13-37(66)62-30/h1-12,15-17,29-30,34-36H,13-14,18-22,48H2,(H2,49,69)(H,53,67)(H,54,70)(H,55,71)(H,56,72)(H,57,73)(H,61,68)(H,62,66)(H,63,75)(H,64,74)(H,65,76)/t29-,30?,34?,35?,36?/m0/s1. The van der Waals surface area contributed by atoms with Crippen LogP contribution in [0.5, 0.6) is 0 Å². The van der Waals surface area contributed by atoms with Gasteiger partial charge >= 0.3 is 0 Å². The number of aromatic nitrogens is 6. The first-order chi connectivity index (χ1) is 36.5. The highest BCUT2D eigenvalue weighted by molar-refractivity contribution is 6.00. The lowest BCUT2D eigenvalue weighted by molar-refractivity contribution is -0.135. The van der Waals surface area contributed by atoms with E-state index in [1.807, 2.05) is 0 Å². The van der Waals surface area contributed by atoms with E-state index in [9.17, 15) is 52.7 Å². The van der Waals surface area contributed by atoms with Gasteiger partial charge < -0.3 is 64.6 Å². The second kappa shape index (κ2) is 25.0. The molecule has 3 aromatic carbocycles. The number of hydrogen-bond donors (Lipinski definition) is 12. The molecule has 29 heteroatoms. The van der Waals surface area contributed by atoms with Gasteiger partial charge in [0, 0.05) is 26.2 Å². The summed E-state index contributed by atoms with van der Waals surface area (Å²) in [4.78, 5) is 174. The van der Waals surface area contributed by atoms with Crippen molar-refractivity contribution in [3.63, 3.8) is 0 Å². The summed E-state index contributed by atoms with van der Waals surface area (Å²) in [6, 6.07) is 11.1. The Hall–Kier alpha value is -10.2. The Morgan fingerprint density at radius 1 is 0.461 bits per heavy atom. The minimum absolute atomic E-state index is 0.186. The van der Waals surface area contributed by atoms with Gasteiger partial charge in [-0.05, 0) is 36.4 Å². The number of nitrogens with one attached hydrogen (secondary N) is 10. The molecule has 0 aliphatic carbocycles. The maximum Gasteiger partial charge on any atom is 0.271 e. The van der Waals surface area contributed by atoms with E-state index in [-0.39, 0.29) is 17.1 Å². The first-order valence-corrected chi connectivity index (χ1v) is 23.1. The smallest absolute Gasteiger partial charge is 0.271 e. The van der Waals surface area contributed by atoms with E-state index in [2.05, 4.69) is 83.1 Å². The van der Waals surface area contributed by atoms with Gasteiger partial charge in [0.05, 0.1) is 71.2 Å². The van der Waals surface area contributed by atoms with E-state index in [1.165, 1.54) is 6.20 Å². The number of primary amides is 1. The number of hydrogen-bond acceptors (Lipinski definition) is 18. The Balaban J connectivity index is 1.20. The highest BCUT2D eigenvalue weighted by Gasteiger charge is 2.34. The van der Waals surface area contributed by atoms with Gasteiger partial charge in [-0.25, -0.2) is 15.0 Å². The third kappa shape index (κ3) is 14.3. The topological polar surface area (TPSA) is 437 Å². The van der Waals surface area contributed by atoms with Crippen molar-refractivity contribution < 1.29 is 52.7 Å². The Labute approximate surface area is 428 Å². The first-order valence-electron chi connectivity index (χ1n) is 23.1. The summed E-state index contributed by atoms with van der Waals surface area (Å²) in [6.45, 7) is -4.43. The summed E-state index contributed by atoms with van der Waals surface area (Å²) >= 11 is 0. The third-order valence-electron chi connectivity index (χ3n) is 11.2. The van der Waals surface area contributed by atoms with E-state index < -0.39 is 141 Å². The average molecular weight is 1040 g/mol. The molecule has 6 aromatic rings. The molecule has 11 amide bonds. The van der Waals surface area contributed by atoms with E-state index >= 15 is 0 Å². The number of fused-ring (bicyclic) bond motifs is 3. The maximum absolute atomic E-state index is 14.5. The largest absolute Gasteiger partial charge is 0.368 e. The van der Waals surface area contributed by atoms with E-state index in [1.54, 1.807) is 72.8 Å². The second-order valence-electron chi connectivity index (χ2n) is 16.6. The van der Waals surface area contributed by atoms with Crippen LogP contribution < -0.4 is 64.6 Å². The molecular weight excluding hydrogens is 993 g/mol. The molecule has 1 saturated heterocycles. The molecule has 0 spiro atoms. The van der Waals surface area contributed by atoms with Crippen LogP contribution in [0.2, 0.25) is 0 Å². The molecule has 0 bridgehead atoms. The zero-order valence-corrected chi connectivity index (χ0v) is 39.8. The zero-order chi connectivity index (χ0) is 54.3. The molecule has 3 aromatic heterocycles. The SMILES string of the molecule is NCC1NC(=O)C[C@@H](C(N)=O)NC(=O)CNC(=O)CNC(=O)C(CNC(=O)c2cnc3ccccc3n2)NC(=O)C(CNC(=O)c2cnc3ccccc3n2)NC(=O)C(CNC(=O)c2cnc3ccccc3n2)NC1=O. The monoisotopic (exact) mass is 1040 g/mol. The summed E-state index contributed by atoms with van der Waals surface area (Å²) < 4.78 is 0. The van der Waals surface area contributed by atoms with E-state index in [0.29, 0.717) is 33.1 Å². The second-order valence-corrected chi connectivity index (χ2v) is 16.6. The minimum Gasteiger partial charge on any atom is -0.368 e. The maximum atomic E-state index is 14.5. The third-order valence-corrected chi connectivity index (χ3v) is 11.2. The molecule has 0 radical (unpaired) electrons. The fourth-order valence-corrected chi connectivity index (χ4v) is 7.17. The average Bonchev–Trinajstić information content (AvgIpc) is 3.42. The molecule has 1 fully saturated rings. The number of benzene rings is 3. The summed E-state index contributed by atoms with van der Waals surface area (Å²) in [5.41, 5.74) is 13.1. The van der Waals surface area contributed by atoms with Crippen molar-refractivity contribution in [3.05, 3.63) is 108 Å². The predicted molar refractivity (Wildman–Crippen MR) is 264 cm³/mol. The predicted octanol–water partition coefficient (Wildman–Crippen LogP) is -5.39. The van der Waals surface area contributed by atoms with Gasteiger partial charge in [0.15, 0.2) is 0 Å². The summed E-state index contributed by atoms with van der Waals surface area (Å²) in [5, 5.41) is 23.5. The normalized spacial score (nSPS) is 19.4. The number of rotatable bonds is 11. The number of para-hydroxylation sites is 6. The van der Waals surface area contributed by atoms with Gasteiger partial charge in [-0.3, -0.25) is 67.7 Å². The van der Waals surface area contributed by atoms with Crippen molar-refractivity contribution in [2.45, 2.75) is 36.6 Å². The Morgan fingerprint density at radius 2 is 0.829 bits per heavy atom. The lowest BCUT2D eigenvalue weighted by atomic mass is 10.1. The van der Waals surface area contributed by atoms with Crippen LogP contribution in [0.15, 0.2) is 91.4 Å². The van der Waals surface area contributed by atoms with Gasteiger partial charge in [-0.1, -0.05) is 36.4 Å². The lowest BCUT2D eigenvalue weighted by Crippen LogP contribution is -2.63. The van der Waals surface area contributed by atoms with Crippen LogP contribution in [0.4, 0.5) is 0 Å². The molecule has 4 heterocycles. The van der Waals surface area contributed by atoms with Crippen LogP contribution in [0.25, 0.3) is 33.1 Å². The van der Waals surface area contributed by atoms with Crippen LogP contribution in [0, 0.1) is 0 Å². The van der Waals surface area contributed by atoms with E-state index in [4.69, 9.17) is 11.5 Å². The van der Waals surface area contributed by atoms with Crippen LogP contribution in [0.1, 0.15) is 37.9 Å². The highest BCUT2D eigenvalue weighted by atomic mass is 16.2. The first kappa shape index (κ1) is 53.6. The van der Waals surface area contributed by atoms with Crippen molar-refractivity contribution in [2.75, 3.05) is 39.3 Å². The molecular formula is C47H48N18O11. The number of nitrogens with zero attached hydrogens (tertiary/aromatic N) is 6. The van der Waals surface area contributed by atoms with Crippen molar-refractivity contribution in [1.29, 1.82) is 0 Å². The van der Waals surface area contributed by atoms with Crippen molar-refractivity contribution >= 4 is 98.1 Å². The molecule has 1 aliphatic rings. The zero-order valence-electron chi connectivity index (χ0n) is 39.8. The number of carbonyl (C=O) groups is 11. The molecule has 76 heavy (non-hydrogen) atoms. The van der Waals surface area contributed by atoms with Gasteiger partial charge in [-0.2, -0.15) is 0 Å². The van der Waals surface area contributed by atoms with Gasteiger partial charge in [0.2, 0.25) is 47.3 Å². The molecule has 7 rings (SSSR count). The van der Waals surface area contributed by atoms with Gasteiger partial charge in [-0.15, -0.1) is 0 Å². The molecule has 0 saturated carbocycles. The van der Waals surface area contributed by atoms with Crippen LogP contribution in [-0.2, 0) is 38.4 Å². The van der Waals surface area contributed by atoms with Crippen molar-refractivity contribution in [2.24, 2.45) is 11.5 Å². The molecule has 14 N–H and O–H groups in total. The van der Waals surface area contributed by atoms with Crippen molar-refractivity contribution in [3.8, 4) is 0 Å². The van der Waals surface area contributed by atoms with E-state index in [0.717, 1.165) is 12.4 Å². The van der Waals surface area contributed by atoms with Crippen LogP contribution >= 0.6 is 0 Å². The van der Waals surface area contributed by atoms with Crippen LogP contribution in [-0.4, -0.2) is 164 Å². The molecule has 1 aliphatic heterocycles. The quantitative estimate of drug-likeness (QED) is 0.0576. The summed E-state index contributed by atoms with van der Waals surface area (Å²) in [6.07, 6.45) is 2.66. The minimum atomic E-state index is -1.88. The Kier molecular flexibility index (Phi) is 17.6. The summed E-state index contributed by atoms with van der Waals surface area (Å²) in [5.74, 6) is -11.4. The lowest BCUT2D eigenvalue weighted by Gasteiger charge is -2.27.